The van der Waals surface area contributed by atoms with E-state index in [1.165, 1.54) is 35.0 Å². The van der Waals surface area contributed by atoms with Gasteiger partial charge in [-0.25, -0.2) is 21.6 Å². The van der Waals surface area contributed by atoms with Crippen LogP contribution >= 0.6 is 0 Å². The highest BCUT2D eigenvalue weighted by atomic mass is 32.2. The molecule has 0 aliphatic rings. The molecule has 0 atom stereocenters. The minimum absolute atomic E-state index is 0.0211. The van der Waals surface area contributed by atoms with Crippen LogP contribution in [0.25, 0.3) is 33.1 Å². The molecule has 0 bridgehead atoms. The normalized spacial score (nSPS) is 11.9. The number of carbonyl (C=O) groups excluding carboxylic acids is 1. The lowest BCUT2D eigenvalue weighted by Gasteiger charge is -2.07. The second-order valence-electron chi connectivity index (χ2n) is 7.74. The smallest absolute Gasteiger partial charge is 0.408 e. The number of carbonyl (C=O) groups is 1. The van der Waals surface area contributed by atoms with E-state index in [0.717, 1.165) is 10.0 Å². The van der Waals surface area contributed by atoms with E-state index < -0.39 is 27.5 Å². The highest BCUT2D eigenvalue weighted by Crippen LogP contribution is 2.35. The molecule has 0 aliphatic carbocycles. The number of benzene rings is 3. The number of halogens is 1. The first-order valence-electron chi connectivity index (χ1n) is 10.3. The SMILES string of the molecule is NC(=O)CCn1c(=O)oc2cc(-c3cn(S(=O)(=O)c4ccccc4)c4cc(F)ccc34)ccc21. The Morgan fingerprint density at radius 3 is 2.50 bits per heavy atom. The molecule has 0 saturated heterocycles. The largest absolute Gasteiger partial charge is 0.419 e. The van der Waals surface area contributed by atoms with Gasteiger partial charge in [0.2, 0.25) is 5.91 Å². The Kier molecular flexibility index (Phi) is 5.09. The summed E-state index contributed by atoms with van der Waals surface area (Å²) in [5.74, 6) is -1.75. The third-order valence-corrected chi connectivity index (χ3v) is 7.28. The first-order valence-corrected chi connectivity index (χ1v) is 11.7. The highest BCUT2D eigenvalue weighted by molar-refractivity contribution is 7.90. The fraction of sp³-hybridized carbons (Fsp3) is 0.0833. The van der Waals surface area contributed by atoms with E-state index in [9.17, 15) is 22.4 Å². The summed E-state index contributed by atoms with van der Waals surface area (Å²) in [5, 5.41) is 0.510. The zero-order valence-electron chi connectivity index (χ0n) is 17.6. The summed E-state index contributed by atoms with van der Waals surface area (Å²) in [6.45, 7) is 0.0778. The molecule has 2 N–H and O–H groups in total. The number of hydrogen-bond donors (Lipinski definition) is 1. The van der Waals surface area contributed by atoms with Gasteiger partial charge in [-0.1, -0.05) is 24.3 Å². The Labute approximate surface area is 192 Å². The van der Waals surface area contributed by atoms with Crippen molar-refractivity contribution in [2.24, 2.45) is 5.73 Å². The van der Waals surface area contributed by atoms with E-state index in [1.807, 2.05) is 0 Å². The van der Waals surface area contributed by atoms with Crippen molar-refractivity contribution in [3.8, 4) is 11.1 Å². The molecule has 34 heavy (non-hydrogen) atoms. The Morgan fingerprint density at radius 1 is 1.00 bits per heavy atom. The van der Waals surface area contributed by atoms with Crippen LogP contribution in [0.2, 0.25) is 0 Å². The van der Waals surface area contributed by atoms with Crippen molar-refractivity contribution in [1.29, 1.82) is 0 Å². The zero-order valence-corrected chi connectivity index (χ0v) is 18.5. The van der Waals surface area contributed by atoms with Crippen molar-refractivity contribution in [3.05, 3.63) is 89.3 Å². The standard InChI is InChI=1S/C24H18FN3O5S/c25-16-7-8-18-19(14-28(21(18)13-16)34(31,32)17-4-2-1-3-5-17)15-6-9-20-22(12-15)33-24(30)27(20)11-10-23(26)29/h1-9,12-14H,10-11H2,(H2,26,29). The summed E-state index contributed by atoms with van der Waals surface area (Å²) in [7, 11) is -4.00. The summed E-state index contributed by atoms with van der Waals surface area (Å²) in [6.07, 6.45) is 1.41. The molecule has 0 fully saturated rings. The molecule has 1 amide bonds. The summed E-state index contributed by atoms with van der Waals surface area (Å²) >= 11 is 0. The quantitative estimate of drug-likeness (QED) is 0.400. The number of nitrogens with zero attached hydrogens (tertiary/aromatic N) is 2. The van der Waals surface area contributed by atoms with Gasteiger partial charge < -0.3 is 10.2 Å². The predicted octanol–water partition coefficient (Wildman–Crippen LogP) is 3.47. The first-order chi connectivity index (χ1) is 16.3. The van der Waals surface area contributed by atoms with Crippen LogP contribution in [-0.2, 0) is 21.4 Å². The molecule has 5 rings (SSSR count). The second kappa shape index (κ2) is 7.99. The van der Waals surface area contributed by atoms with Gasteiger partial charge in [0.15, 0.2) is 5.58 Å². The molecule has 2 heterocycles. The average Bonchev–Trinajstić information content (AvgIpc) is 3.34. The van der Waals surface area contributed by atoms with Crippen molar-refractivity contribution >= 4 is 37.9 Å². The van der Waals surface area contributed by atoms with Crippen molar-refractivity contribution in [2.75, 3.05) is 0 Å². The zero-order chi connectivity index (χ0) is 24.0. The van der Waals surface area contributed by atoms with Crippen molar-refractivity contribution < 1.29 is 22.0 Å². The number of hydrogen-bond acceptors (Lipinski definition) is 5. The van der Waals surface area contributed by atoms with Crippen LogP contribution in [0.3, 0.4) is 0 Å². The van der Waals surface area contributed by atoms with Crippen LogP contribution in [0.4, 0.5) is 4.39 Å². The molecule has 5 aromatic rings. The summed E-state index contributed by atoms with van der Waals surface area (Å²) < 4.78 is 48.5. The summed E-state index contributed by atoms with van der Waals surface area (Å²) in [5.41, 5.74) is 7.19. The number of aromatic nitrogens is 2. The lowest BCUT2D eigenvalue weighted by molar-refractivity contribution is -0.118. The fourth-order valence-corrected chi connectivity index (χ4v) is 5.36. The third kappa shape index (κ3) is 3.57. The van der Waals surface area contributed by atoms with Crippen LogP contribution in [-0.4, -0.2) is 22.9 Å². The maximum Gasteiger partial charge on any atom is 0.419 e. The minimum Gasteiger partial charge on any atom is -0.408 e. The highest BCUT2D eigenvalue weighted by Gasteiger charge is 2.22. The van der Waals surface area contributed by atoms with Gasteiger partial charge in [0, 0.05) is 30.1 Å². The van der Waals surface area contributed by atoms with E-state index in [2.05, 4.69) is 0 Å². The van der Waals surface area contributed by atoms with Gasteiger partial charge in [-0.05, 0) is 48.0 Å². The third-order valence-electron chi connectivity index (χ3n) is 5.59. The predicted molar refractivity (Wildman–Crippen MR) is 124 cm³/mol. The molecule has 0 spiro atoms. The summed E-state index contributed by atoms with van der Waals surface area (Å²) in [4.78, 5) is 23.4. The van der Waals surface area contributed by atoms with Gasteiger partial charge in [0.1, 0.15) is 5.82 Å². The number of aryl methyl sites for hydroxylation is 1. The number of nitrogens with two attached hydrogens (primary N) is 1. The maximum absolute atomic E-state index is 14.1. The van der Waals surface area contributed by atoms with Crippen molar-refractivity contribution in [3.63, 3.8) is 0 Å². The Balaban J connectivity index is 1.69. The van der Waals surface area contributed by atoms with Gasteiger partial charge in [-0.15, -0.1) is 0 Å². The number of oxazole rings is 1. The minimum atomic E-state index is -4.00. The Hall–Kier alpha value is -4.18. The lowest BCUT2D eigenvalue weighted by atomic mass is 10.0. The van der Waals surface area contributed by atoms with Crippen molar-refractivity contribution in [2.45, 2.75) is 17.9 Å². The Bertz CT molecular complexity index is 1730. The van der Waals surface area contributed by atoms with Crippen LogP contribution in [0.15, 0.2) is 87.0 Å². The molecular formula is C24H18FN3O5S. The fourth-order valence-electron chi connectivity index (χ4n) is 3.97. The molecule has 3 aromatic carbocycles. The topological polar surface area (TPSA) is 117 Å². The van der Waals surface area contributed by atoms with Crippen LogP contribution in [0.5, 0.6) is 0 Å². The Morgan fingerprint density at radius 2 is 1.76 bits per heavy atom. The monoisotopic (exact) mass is 479 g/mol. The van der Waals surface area contributed by atoms with Gasteiger partial charge >= 0.3 is 5.76 Å². The number of rotatable bonds is 6. The van der Waals surface area contributed by atoms with Gasteiger partial charge in [-0.2, -0.15) is 0 Å². The number of primary amides is 1. The second-order valence-corrected chi connectivity index (χ2v) is 9.55. The van der Waals surface area contributed by atoms with E-state index in [4.69, 9.17) is 10.2 Å². The van der Waals surface area contributed by atoms with E-state index in [1.54, 1.807) is 36.4 Å². The van der Waals surface area contributed by atoms with E-state index in [0.29, 0.717) is 22.0 Å². The molecule has 10 heteroatoms. The maximum atomic E-state index is 14.1. The van der Waals surface area contributed by atoms with Gasteiger partial charge in [0.05, 0.1) is 15.9 Å². The number of fused-ring (bicyclic) bond motifs is 2. The molecule has 0 radical (unpaired) electrons. The molecule has 2 aromatic heterocycles. The van der Waals surface area contributed by atoms with Gasteiger partial charge in [0.25, 0.3) is 10.0 Å². The summed E-state index contributed by atoms with van der Waals surface area (Å²) in [6, 6.07) is 16.7. The van der Waals surface area contributed by atoms with E-state index in [-0.39, 0.29) is 29.0 Å². The molecule has 0 saturated carbocycles. The molecule has 0 aliphatic heterocycles. The van der Waals surface area contributed by atoms with Crippen LogP contribution < -0.4 is 11.5 Å². The van der Waals surface area contributed by atoms with Crippen molar-refractivity contribution in [1.82, 2.24) is 8.54 Å². The lowest BCUT2D eigenvalue weighted by Crippen LogP contribution is -2.19. The molecular weight excluding hydrogens is 461 g/mol. The first kappa shape index (κ1) is 21.7. The molecule has 8 nitrogen and oxygen atoms in total. The molecule has 0 unspecified atom stereocenters. The number of amides is 1. The van der Waals surface area contributed by atoms with E-state index >= 15 is 0 Å². The van der Waals surface area contributed by atoms with Crippen LogP contribution in [0.1, 0.15) is 6.42 Å². The van der Waals surface area contributed by atoms with Gasteiger partial charge in [-0.3, -0.25) is 9.36 Å². The average molecular weight is 479 g/mol. The van der Waals surface area contributed by atoms with Crippen LogP contribution in [0, 0.1) is 5.82 Å². The molecule has 172 valence electrons.